The molecule has 0 unspecified atom stereocenters. The molecule has 0 atom stereocenters. The Morgan fingerprint density at radius 3 is 2.66 bits per heavy atom. The van der Waals surface area contributed by atoms with Crippen molar-refractivity contribution in [3.8, 4) is 5.75 Å². The summed E-state index contributed by atoms with van der Waals surface area (Å²) in [6, 6.07) is 15.9. The first kappa shape index (κ1) is 24.1. The van der Waals surface area contributed by atoms with Gasteiger partial charge >= 0.3 is 0 Å². The highest BCUT2D eigenvalue weighted by Gasteiger charge is 2.27. The molecule has 3 aromatic rings. The molecule has 5 rings (SSSR count). The van der Waals surface area contributed by atoms with E-state index in [0.29, 0.717) is 17.7 Å². The first-order chi connectivity index (χ1) is 17.2. The van der Waals surface area contributed by atoms with Crippen LogP contribution in [0.1, 0.15) is 76.9 Å². The highest BCUT2D eigenvalue weighted by Crippen LogP contribution is 2.40. The fraction of sp³-hybridized carbons (Fsp3) is 0.379. The lowest BCUT2D eigenvalue weighted by atomic mass is 9.93. The van der Waals surface area contributed by atoms with Gasteiger partial charge < -0.3 is 10.1 Å². The third-order valence-corrected chi connectivity index (χ3v) is 8.26. The van der Waals surface area contributed by atoms with Crippen molar-refractivity contribution in [3.63, 3.8) is 0 Å². The number of aryl methyl sites for hydroxylation is 1. The molecule has 1 fully saturated rings. The number of fused-ring (bicyclic) bond motifs is 1. The minimum absolute atomic E-state index is 0.0632. The summed E-state index contributed by atoms with van der Waals surface area (Å²) in [5.74, 6) is 0.856. The summed E-state index contributed by atoms with van der Waals surface area (Å²) in [5, 5.41) is 4.86. The van der Waals surface area contributed by atoms with Crippen molar-refractivity contribution in [2.24, 2.45) is 4.99 Å². The van der Waals surface area contributed by atoms with Crippen LogP contribution in [0.4, 0.5) is 5.00 Å². The van der Waals surface area contributed by atoms with Gasteiger partial charge in [-0.2, -0.15) is 0 Å². The number of thiophene rings is 1. The van der Waals surface area contributed by atoms with Gasteiger partial charge in [-0.25, -0.2) is 4.99 Å². The number of amides is 1. The molecule has 2 aromatic carbocycles. The number of aliphatic imine (C=N–C) groups is 1. The van der Waals surface area contributed by atoms with Crippen molar-refractivity contribution >= 4 is 40.1 Å². The zero-order valence-electron chi connectivity index (χ0n) is 19.9. The Bertz CT molecular complexity index is 1200. The Morgan fingerprint density at radius 2 is 1.86 bits per heavy atom. The number of nitrogens with zero attached hydrogens (tertiary/aromatic N) is 1. The van der Waals surface area contributed by atoms with Crippen LogP contribution in [-0.4, -0.2) is 18.2 Å². The van der Waals surface area contributed by atoms with Gasteiger partial charge in [-0.3, -0.25) is 4.79 Å². The molecule has 1 amide bonds. The van der Waals surface area contributed by atoms with E-state index >= 15 is 0 Å². The standard InChI is InChI=1S/C29H31ClN2O2S/c30-22-8-6-7-21(17-22)19-34-24-15-13-20(14-16-24)18-31-29-27(25-11-4-5-12-26(25)35-29)28(33)32-23-9-2-1-3-10-23/h6-8,13-18,23H,1-5,9-12,19H2,(H,32,33). The third kappa shape index (κ3) is 6.14. The number of rotatable bonds is 7. The van der Waals surface area contributed by atoms with Crippen LogP contribution in [0, 0.1) is 0 Å². The van der Waals surface area contributed by atoms with E-state index in [9.17, 15) is 4.79 Å². The van der Waals surface area contributed by atoms with Crippen molar-refractivity contribution in [2.75, 3.05) is 0 Å². The number of carbonyl (C=O) groups is 1. The minimum atomic E-state index is 0.0632. The molecule has 1 heterocycles. The smallest absolute Gasteiger partial charge is 0.254 e. The van der Waals surface area contributed by atoms with E-state index in [4.69, 9.17) is 21.3 Å². The lowest BCUT2D eigenvalue weighted by Gasteiger charge is -2.23. The lowest BCUT2D eigenvalue weighted by molar-refractivity contribution is 0.0927. The van der Waals surface area contributed by atoms with E-state index < -0.39 is 0 Å². The topological polar surface area (TPSA) is 50.7 Å². The molecule has 4 nitrogen and oxygen atoms in total. The van der Waals surface area contributed by atoms with Crippen LogP contribution in [-0.2, 0) is 19.4 Å². The number of ether oxygens (including phenoxy) is 1. The Labute approximate surface area is 216 Å². The number of hydrogen-bond donors (Lipinski definition) is 1. The maximum absolute atomic E-state index is 13.3. The zero-order chi connectivity index (χ0) is 24.0. The van der Waals surface area contributed by atoms with E-state index in [1.807, 2.05) is 54.7 Å². The fourth-order valence-corrected chi connectivity index (χ4v) is 6.40. The quantitative estimate of drug-likeness (QED) is 0.334. The van der Waals surface area contributed by atoms with Crippen molar-refractivity contribution in [1.82, 2.24) is 5.32 Å². The highest BCUT2D eigenvalue weighted by atomic mass is 35.5. The maximum Gasteiger partial charge on any atom is 0.254 e. The van der Waals surface area contributed by atoms with Crippen molar-refractivity contribution in [2.45, 2.75) is 70.4 Å². The van der Waals surface area contributed by atoms with Crippen LogP contribution in [0.5, 0.6) is 5.75 Å². The second-order valence-corrected chi connectivity index (χ2v) is 11.0. The van der Waals surface area contributed by atoms with E-state index in [1.165, 1.54) is 36.1 Å². The molecule has 1 N–H and O–H groups in total. The Balaban J connectivity index is 1.29. The number of hydrogen-bond acceptors (Lipinski definition) is 4. The van der Waals surface area contributed by atoms with Crippen molar-refractivity contribution < 1.29 is 9.53 Å². The number of halogens is 1. The SMILES string of the molecule is O=C(NC1CCCCC1)c1c(N=Cc2ccc(OCc3cccc(Cl)c3)cc2)sc2c1CCCC2. The summed E-state index contributed by atoms with van der Waals surface area (Å²) in [5.41, 5.74) is 4.05. The molecule has 182 valence electrons. The maximum atomic E-state index is 13.3. The first-order valence-electron chi connectivity index (χ1n) is 12.6. The van der Waals surface area contributed by atoms with Gasteiger partial charge in [-0.05, 0) is 91.6 Å². The van der Waals surface area contributed by atoms with Gasteiger partial charge in [-0.15, -0.1) is 11.3 Å². The molecular weight excluding hydrogens is 476 g/mol. The minimum Gasteiger partial charge on any atom is -0.489 e. The predicted octanol–water partition coefficient (Wildman–Crippen LogP) is 7.67. The summed E-state index contributed by atoms with van der Waals surface area (Å²) in [4.78, 5) is 19.5. The largest absolute Gasteiger partial charge is 0.489 e. The fourth-order valence-electron chi connectivity index (χ4n) is 4.96. The summed E-state index contributed by atoms with van der Waals surface area (Å²) < 4.78 is 5.89. The molecular formula is C29H31ClN2O2S. The summed E-state index contributed by atoms with van der Waals surface area (Å²) >= 11 is 7.74. The number of carbonyl (C=O) groups excluding carboxylic acids is 1. The second kappa shape index (κ2) is 11.4. The molecule has 1 saturated carbocycles. The van der Waals surface area contributed by atoms with Gasteiger partial charge in [-0.1, -0.05) is 43.0 Å². The monoisotopic (exact) mass is 506 g/mol. The molecule has 0 radical (unpaired) electrons. The van der Waals surface area contributed by atoms with E-state index in [2.05, 4.69) is 5.32 Å². The second-order valence-electron chi connectivity index (χ2n) is 9.45. The van der Waals surface area contributed by atoms with Crippen LogP contribution in [0.3, 0.4) is 0 Å². The first-order valence-corrected chi connectivity index (χ1v) is 13.8. The molecule has 0 aliphatic heterocycles. The lowest BCUT2D eigenvalue weighted by Crippen LogP contribution is -2.36. The van der Waals surface area contributed by atoms with Crippen molar-refractivity contribution in [1.29, 1.82) is 0 Å². The Morgan fingerprint density at radius 1 is 1.06 bits per heavy atom. The number of benzene rings is 2. The summed E-state index contributed by atoms with van der Waals surface area (Å²) in [6.07, 6.45) is 12.1. The van der Waals surface area contributed by atoms with Crippen LogP contribution in [0.25, 0.3) is 0 Å². The van der Waals surface area contributed by atoms with Crippen LogP contribution < -0.4 is 10.1 Å². The van der Waals surface area contributed by atoms with E-state index in [1.54, 1.807) is 11.3 Å². The molecule has 2 aliphatic carbocycles. The molecule has 0 bridgehead atoms. The van der Waals surface area contributed by atoms with Crippen molar-refractivity contribution in [3.05, 3.63) is 80.7 Å². The predicted molar refractivity (Wildman–Crippen MR) is 145 cm³/mol. The molecule has 1 aromatic heterocycles. The molecule has 6 heteroatoms. The van der Waals surface area contributed by atoms with Gasteiger partial charge in [0, 0.05) is 22.2 Å². The van der Waals surface area contributed by atoms with Gasteiger partial charge in [0.05, 0.1) is 5.56 Å². The van der Waals surface area contributed by atoms with Gasteiger partial charge in [0.25, 0.3) is 5.91 Å². The number of nitrogens with one attached hydrogen (secondary N) is 1. The Hall–Kier alpha value is -2.63. The summed E-state index contributed by atoms with van der Waals surface area (Å²) in [6.45, 7) is 0.466. The molecule has 35 heavy (non-hydrogen) atoms. The van der Waals surface area contributed by atoms with Gasteiger partial charge in [0.2, 0.25) is 0 Å². The van der Waals surface area contributed by atoms with E-state index in [-0.39, 0.29) is 5.91 Å². The molecule has 0 spiro atoms. The molecule has 2 aliphatic rings. The zero-order valence-corrected chi connectivity index (χ0v) is 21.5. The molecule has 0 saturated heterocycles. The normalized spacial score (nSPS) is 16.3. The third-order valence-electron chi connectivity index (χ3n) is 6.83. The average molecular weight is 507 g/mol. The van der Waals surface area contributed by atoms with E-state index in [0.717, 1.165) is 59.5 Å². The van der Waals surface area contributed by atoms with Gasteiger partial charge in [0.15, 0.2) is 0 Å². The summed E-state index contributed by atoms with van der Waals surface area (Å²) in [7, 11) is 0. The Kier molecular flexibility index (Phi) is 7.85. The van der Waals surface area contributed by atoms with Crippen LogP contribution >= 0.6 is 22.9 Å². The van der Waals surface area contributed by atoms with Crippen LogP contribution in [0.15, 0.2) is 53.5 Å². The average Bonchev–Trinajstić information content (AvgIpc) is 3.26. The van der Waals surface area contributed by atoms with Crippen LogP contribution in [0.2, 0.25) is 5.02 Å². The highest BCUT2D eigenvalue weighted by molar-refractivity contribution is 7.16. The van der Waals surface area contributed by atoms with Gasteiger partial charge in [0.1, 0.15) is 17.4 Å².